The molecule has 1 aromatic carbocycles. The van der Waals surface area contributed by atoms with Crippen LogP contribution in [0.5, 0.6) is 0 Å². The maximum absolute atomic E-state index is 12.7. The highest BCUT2D eigenvalue weighted by atomic mass is 35.5. The molecule has 3 aliphatic rings. The van der Waals surface area contributed by atoms with Crippen molar-refractivity contribution < 1.29 is 35.9 Å². The zero-order valence-electron chi connectivity index (χ0n) is 20.5. The molecule has 0 radical (unpaired) electrons. The van der Waals surface area contributed by atoms with E-state index in [2.05, 4.69) is 21.6 Å². The SMILES string of the molecule is CN1CCC2(CCN(c3cc(Cl)ccc3CN3CCN(C(=O)OC(C(F)(F)F)C(F)(F)F)CC3)CC2)C1. The van der Waals surface area contributed by atoms with Crippen LogP contribution >= 0.6 is 11.6 Å². The molecule has 0 unspecified atom stereocenters. The van der Waals surface area contributed by atoms with Gasteiger partial charge in [0.05, 0.1) is 0 Å². The van der Waals surface area contributed by atoms with Crippen molar-refractivity contribution in [2.75, 3.05) is 64.3 Å². The Morgan fingerprint density at radius 2 is 1.57 bits per heavy atom. The molecule has 0 aromatic heterocycles. The number of likely N-dealkylation sites (tertiary alicyclic amines) is 1. The van der Waals surface area contributed by atoms with Crippen molar-refractivity contribution in [3.63, 3.8) is 0 Å². The number of hydrogen-bond donors (Lipinski definition) is 0. The molecule has 0 bridgehead atoms. The lowest BCUT2D eigenvalue weighted by Crippen LogP contribution is -2.52. The Labute approximate surface area is 217 Å². The number of anilines is 1. The number of piperazine rings is 1. The number of carbonyl (C=O) groups excluding carboxylic acids is 1. The van der Waals surface area contributed by atoms with E-state index in [0.717, 1.165) is 55.2 Å². The number of carbonyl (C=O) groups is 1. The Balaban J connectivity index is 1.34. The molecule has 1 amide bonds. The lowest BCUT2D eigenvalue weighted by Gasteiger charge is -2.41. The summed E-state index contributed by atoms with van der Waals surface area (Å²) in [6.45, 7) is 5.09. The van der Waals surface area contributed by atoms with Crippen molar-refractivity contribution >= 4 is 23.4 Å². The molecule has 37 heavy (non-hydrogen) atoms. The minimum atomic E-state index is -5.73. The minimum Gasteiger partial charge on any atom is -0.426 e. The van der Waals surface area contributed by atoms with Gasteiger partial charge >= 0.3 is 18.4 Å². The van der Waals surface area contributed by atoms with Crippen LogP contribution in [0.1, 0.15) is 24.8 Å². The van der Waals surface area contributed by atoms with Gasteiger partial charge in [-0.15, -0.1) is 0 Å². The Morgan fingerprint density at radius 1 is 0.973 bits per heavy atom. The Kier molecular flexibility index (Phi) is 8.11. The highest BCUT2D eigenvalue weighted by Gasteiger charge is 2.60. The van der Waals surface area contributed by atoms with Gasteiger partial charge in [0, 0.05) is 63.1 Å². The molecule has 0 N–H and O–H groups in total. The van der Waals surface area contributed by atoms with Crippen LogP contribution < -0.4 is 4.90 Å². The van der Waals surface area contributed by atoms with E-state index >= 15 is 0 Å². The predicted octanol–water partition coefficient (Wildman–Crippen LogP) is 5.01. The third kappa shape index (κ3) is 6.75. The van der Waals surface area contributed by atoms with E-state index in [-0.39, 0.29) is 26.2 Å². The predicted molar refractivity (Wildman–Crippen MR) is 127 cm³/mol. The van der Waals surface area contributed by atoms with E-state index < -0.39 is 24.5 Å². The van der Waals surface area contributed by atoms with Crippen LogP contribution in [0.4, 0.5) is 36.8 Å². The van der Waals surface area contributed by atoms with Crippen LogP contribution in [0.2, 0.25) is 5.02 Å². The van der Waals surface area contributed by atoms with Gasteiger partial charge in [-0.25, -0.2) is 4.79 Å². The van der Waals surface area contributed by atoms with Gasteiger partial charge in [0.1, 0.15) is 0 Å². The van der Waals surface area contributed by atoms with Crippen LogP contribution in [0.3, 0.4) is 0 Å². The number of amides is 1. The smallest absolute Gasteiger partial charge is 0.426 e. The molecule has 1 spiro atoms. The molecule has 6 nitrogen and oxygen atoms in total. The van der Waals surface area contributed by atoms with Crippen molar-refractivity contribution in [3.8, 4) is 0 Å². The van der Waals surface area contributed by atoms with Gasteiger partial charge < -0.3 is 19.4 Å². The van der Waals surface area contributed by atoms with Gasteiger partial charge in [-0.1, -0.05) is 17.7 Å². The molecule has 13 heteroatoms. The Morgan fingerprint density at radius 3 is 2.11 bits per heavy atom. The fourth-order valence-electron chi connectivity index (χ4n) is 5.58. The lowest BCUT2D eigenvalue weighted by atomic mass is 9.77. The normalized spacial score (nSPS) is 21.8. The summed E-state index contributed by atoms with van der Waals surface area (Å²) in [6.07, 6.45) is -13.8. The number of alkyl halides is 6. The second kappa shape index (κ2) is 10.7. The molecule has 3 heterocycles. The molecule has 3 aliphatic heterocycles. The summed E-state index contributed by atoms with van der Waals surface area (Å²) in [5, 5.41) is 0.621. The maximum atomic E-state index is 12.7. The summed E-state index contributed by atoms with van der Waals surface area (Å²) in [4.78, 5) is 19.7. The first-order chi connectivity index (χ1) is 17.3. The van der Waals surface area contributed by atoms with Crippen LogP contribution in [0.25, 0.3) is 0 Å². The number of halogens is 7. The molecule has 0 atom stereocenters. The van der Waals surface area contributed by atoms with Gasteiger partial charge in [0.15, 0.2) is 0 Å². The van der Waals surface area contributed by atoms with Gasteiger partial charge in [-0.3, -0.25) is 4.90 Å². The maximum Gasteiger partial charge on any atom is 0.434 e. The molecule has 0 aliphatic carbocycles. The van der Waals surface area contributed by atoms with Crippen molar-refractivity contribution in [3.05, 3.63) is 28.8 Å². The van der Waals surface area contributed by atoms with Crippen molar-refractivity contribution in [2.45, 2.75) is 44.3 Å². The first-order valence-electron chi connectivity index (χ1n) is 12.3. The highest BCUT2D eigenvalue weighted by molar-refractivity contribution is 6.30. The number of rotatable bonds is 4. The molecular weight excluding hydrogens is 526 g/mol. The third-order valence-corrected chi connectivity index (χ3v) is 7.91. The zero-order chi connectivity index (χ0) is 27.0. The quantitative estimate of drug-likeness (QED) is 0.488. The van der Waals surface area contributed by atoms with E-state index in [1.165, 1.54) is 6.42 Å². The molecule has 1 aromatic rings. The molecule has 0 saturated carbocycles. The van der Waals surface area contributed by atoms with E-state index in [1.807, 2.05) is 17.0 Å². The monoisotopic (exact) mass is 556 g/mol. The summed E-state index contributed by atoms with van der Waals surface area (Å²) < 4.78 is 80.2. The summed E-state index contributed by atoms with van der Waals surface area (Å²) in [6, 6.07) is 5.70. The third-order valence-electron chi connectivity index (χ3n) is 7.68. The topological polar surface area (TPSA) is 39.3 Å². The number of benzene rings is 1. The summed E-state index contributed by atoms with van der Waals surface area (Å²) in [5.74, 6) is 0. The van der Waals surface area contributed by atoms with Crippen LogP contribution in [-0.4, -0.2) is 98.7 Å². The summed E-state index contributed by atoms with van der Waals surface area (Å²) >= 11 is 6.31. The van der Waals surface area contributed by atoms with Gasteiger partial charge in [0.25, 0.3) is 6.10 Å². The first-order valence-corrected chi connectivity index (χ1v) is 12.7. The molecule has 3 fully saturated rings. The van der Waals surface area contributed by atoms with Crippen LogP contribution in [-0.2, 0) is 11.3 Å². The molecular formula is C24H31ClF6N4O2. The minimum absolute atomic E-state index is 0.0378. The van der Waals surface area contributed by atoms with E-state index in [4.69, 9.17) is 11.6 Å². The number of piperidine rings is 1. The number of hydrogen-bond acceptors (Lipinski definition) is 5. The fraction of sp³-hybridized carbons (Fsp3) is 0.708. The average molecular weight is 557 g/mol. The number of nitrogens with zero attached hydrogens (tertiary/aromatic N) is 4. The van der Waals surface area contributed by atoms with E-state index in [0.29, 0.717) is 17.0 Å². The van der Waals surface area contributed by atoms with Crippen LogP contribution in [0, 0.1) is 5.41 Å². The molecule has 4 rings (SSSR count). The Hall–Kier alpha value is -1.92. The van der Waals surface area contributed by atoms with Gasteiger partial charge in [-0.05, 0) is 56.0 Å². The zero-order valence-corrected chi connectivity index (χ0v) is 21.3. The van der Waals surface area contributed by atoms with E-state index in [1.54, 1.807) is 6.07 Å². The first kappa shape index (κ1) is 28.1. The van der Waals surface area contributed by atoms with Crippen molar-refractivity contribution in [2.24, 2.45) is 5.41 Å². The largest absolute Gasteiger partial charge is 0.434 e. The van der Waals surface area contributed by atoms with Crippen molar-refractivity contribution in [1.29, 1.82) is 0 Å². The lowest BCUT2D eigenvalue weighted by molar-refractivity contribution is -0.308. The van der Waals surface area contributed by atoms with Crippen molar-refractivity contribution in [1.82, 2.24) is 14.7 Å². The van der Waals surface area contributed by atoms with Gasteiger partial charge in [0.2, 0.25) is 0 Å². The fourth-order valence-corrected chi connectivity index (χ4v) is 5.74. The highest BCUT2D eigenvalue weighted by Crippen LogP contribution is 2.42. The molecule has 208 valence electrons. The number of ether oxygens (including phenoxy) is 1. The van der Waals surface area contributed by atoms with Crippen LogP contribution in [0.15, 0.2) is 18.2 Å². The second-order valence-corrected chi connectivity index (χ2v) is 10.8. The van der Waals surface area contributed by atoms with E-state index in [9.17, 15) is 31.1 Å². The summed E-state index contributed by atoms with van der Waals surface area (Å²) in [5.41, 5.74) is 2.44. The summed E-state index contributed by atoms with van der Waals surface area (Å²) in [7, 11) is 2.15. The standard InChI is InChI=1S/C24H31ClF6N4O2/c1-32-7-4-22(16-32)5-8-34(9-6-22)19-14-18(25)3-2-17(19)15-33-10-12-35(13-11-33)21(36)37-20(23(26,27)28)24(29,30)31/h2-3,14,20H,4-13,15-16H2,1H3. The Bertz CT molecular complexity index is 946. The second-order valence-electron chi connectivity index (χ2n) is 10.4. The van der Waals surface area contributed by atoms with Gasteiger partial charge in [-0.2, -0.15) is 26.3 Å². The average Bonchev–Trinajstić information content (AvgIpc) is 3.17. The molecule has 3 saturated heterocycles.